The van der Waals surface area contributed by atoms with E-state index in [4.69, 9.17) is 9.84 Å². The third-order valence-corrected chi connectivity index (χ3v) is 6.24. The number of aliphatic hydroxyl groups excluding tert-OH is 2. The number of anilines is 1. The molecular weight excluding hydrogens is 507 g/mol. The number of piperidine rings is 1. The molecule has 14 heteroatoms. The Hall–Kier alpha value is -4.04. The molecule has 1 saturated heterocycles. The molecule has 4 heterocycles. The zero-order valence-electron chi connectivity index (χ0n) is 19.9. The number of aliphatic hydroxyl groups is 2. The summed E-state index contributed by atoms with van der Waals surface area (Å²) < 4.78 is 44.7. The second-order valence-electron chi connectivity index (χ2n) is 8.93. The normalized spacial score (nSPS) is 21.3. The maximum absolute atomic E-state index is 13.2. The maximum atomic E-state index is 13.2. The second-order valence-corrected chi connectivity index (χ2v) is 8.93. The average Bonchev–Trinajstić information content (AvgIpc) is 2.91. The van der Waals surface area contributed by atoms with Crippen molar-refractivity contribution in [3.63, 3.8) is 0 Å². The summed E-state index contributed by atoms with van der Waals surface area (Å²) in [6.45, 7) is -0.199. The number of benzene rings is 1. The molecule has 1 unspecified atom stereocenters. The van der Waals surface area contributed by atoms with Crippen LogP contribution in [0.3, 0.4) is 0 Å². The Morgan fingerprint density at radius 1 is 1.26 bits per heavy atom. The second kappa shape index (κ2) is 10.4. The Morgan fingerprint density at radius 3 is 2.89 bits per heavy atom. The Balaban J connectivity index is 1.33. The van der Waals surface area contributed by atoms with Crippen molar-refractivity contribution in [3.05, 3.63) is 59.6 Å². The molecule has 1 amide bonds. The number of nitrogens with one attached hydrogen (secondary N) is 2. The highest BCUT2D eigenvalue weighted by atomic mass is 19.4. The first-order valence-corrected chi connectivity index (χ1v) is 11.8. The highest BCUT2D eigenvalue weighted by molar-refractivity contribution is 6.17. The molecule has 0 aliphatic carbocycles. The van der Waals surface area contributed by atoms with Crippen molar-refractivity contribution in [2.45, 2.75) is 37.2 Å². The van der Waals surface area contributed by atoms with E-state index >= 15 is 0 Å². The van der Waals surface area contributed by atoms with Crippen molar-refractivity contribution in [3.8, 4) is 6.01 Å². The molecule has 200 valence electrons. The van der Waals surface area contributed by atoms with E-state index in [1.165, 1.54) is 30.6 Å². The molecule has 3 aliphatic rings. The molecule has 38 heavy (non-hydrogen) atoms. The van der Waals surface area contributed by atoms with Crippen LogP contribution in [0.5, 0.6) is 6.01 Å². The van der Waals surface area contributed by atoms with Crippen LogP contribution in [0.1, 0.15) is 24.0 Å². The lowest BCUT2D eigenvalue weighted by molar-refractivity contribution is -0.137. The molecule has 0 radical (unpaired) electrons. The molecule has 1 fully saturated rings. The first-order chi connectivity index (χ1) is 18.2. The largest absolute Gasteiger partial charge is 0.461 e. The highest BCUT2D eigenvalue weighted by Gasteiger charge is 2.40. The maximum Gasteiger partial charge on any atom is 0.416 e. The lowest BCUT2D eigenvalue weighted by atomic mass is 9.94. The molecule has 3 atom stereocenters. The fourth-order valence-electron chi connectivity index (χ4n) is 4.38. The zero-order chi connectivity index (χ0) is 26.9. The van der Waals surface area contributed by atoms with Crippen LogP contribution in [0.15, 0.2) is 58.4 Å². The van der Waals surface area contributed by atoms with Crippen molar-refractivity contribution < 1.29 is 32.9 Å². The molecule has 1 aromatic heterocycles. The molecule has 4 N–H and O–H groups in total. The number of carbonyl (C=O) groups is 1. The van der Waals surface area contributed by atoms with Crippen LogP contribution in [-0.4, -0.2) is 80.6 Å². The van der Waals surface area contributed by atoms with Gasteiger partial charge in [-0.2, -0.15) is 18.2 Å². The molecule has 2 aromatic rings. The number of amides is 1. The SMILES string of the molecule is O=C(Nc1ccnc(OC[C@H](O)CO)n1)C1CC[C@H]2CN1C1=CN=C(c3cccc(C(F)(F)F)c3)NC1=N2. The van der Waals surface area contributed by atoms with Gasteiger partial charge in [0.1, 0.15) is 30.4 Å². The number of ether oxygens (including phenoxy) is 1. The number of alkyl halides is 3. The summed E-state index contributed by atoms with van der Waals surface area (Å²) in [5.41, 5.74) is 0.0627. The minimum Gasteiger partial charge on any atom is -0.461 e. The third-order valence-electron chi connectivity index (χ3n) is 6.24. The molecule has 1 aromatic carbocycles. The molecule has 2 bridgehead atoms. The minimum atomic E-state index is -4.48. The summed E-state index contributed by atoms with van der Waals surface area (Å²) in [4.78, 5) is 32.2. The van der Waals surface area contributed by atoms with Gasteiger partial charge in [-0.15, -0.1) is 0 Å². The minimum absolute atomic E-state index is 0.0675. The van der Waals surface area contributed by atoms with E-state index < -0.39 is 30.5 Å². The summed E-state index contributed by atoms with van der Waals surface area (Å²) in [6, 6.07) is 5.65. The van der Waals surface area contributed by atoms with Crippen molar-refractivity contribution in [2.24, 2.45) is 9.98 Å². The predicted octanol–water partition coefficient (Wildman–Crippen LogP) is 1.30. The van der Waals surface area contributed by atoms with Gasteiger partial charge in [-0.25, -0.2) is 9.98 Å². The Kier molecular flexibility index (Phi) is 6.99. The molecule has 5 rings (SSSR count). The van der Waals surface area contributed by atoms with Crippen molar-refractivity contribution in [1.82, 2.24) is 20.2 Å². The Morgan fingerprint density at radius 2 is 2.11 bits per heavy atom. The van der Waals surface area contributed by atoms with Crippen molar-refractivity contribution >= 4 is 23.4 Å². The number of hydrogen-bond acceptors (Lipinski definition) is 10. The van der Waals surface area contributed by atoms with Gasteiger partial charge in [0.25, 0.3) is 0 Å². The summed E-state index contributed by atoms with van der Waals surface area (Å²) in [7, 11) is 0. The summed E-state index contributed by atoms with van der Waals surface area (Å²) in [5.74, 6) is 0.562. The van der Waals surface area contributed by atoms with Crippen LogP contribution in [0, 0.1) is 0 Å². The van der Waals surface area contributed by atoms with Gasteiger partial charge in [0.2, 0.25) is 5.91 Å². The van der Waals surface area contributed by atoms with Gasteiger partial charge < -0.3 is 30.5 Å². The van der Waals surface area contributed by atoms with E-state index in [-0.39, 0.29) is 41.8 Å². The van der Waals surface area contributed by atoms with E-state index in [0.717, 1.165) is 12.1 Å². The Bertz CT molecular complexity index is 1310. The van der Waals surface area contributed by atoms with Gasteiger partial charge in [0, 0.05) is 18.3 Å². The van der Waals surface area contributed by atoms with Gasteiger partial charge >= 0.3 is 12.2 Å². The number of halogens is 3. The average molecular weight is 531 g/mol. The number of nitrogens with zero attached hydrogens (tertiary/aromatic N) is 5. The number of amidine groups is 2. The number of rotatable bonds is 7. The number of aromatic nitrogens is 2. The Labute approximate surface area is 214 Å². The van der Waals surface area contributed by atoms with Crippen LogP contribution in [-0.2, 0) is 11.0 Å². The summed E-state index contributed by atoms with van der Waals surface area (Å²) >= 11 is 0. The first-order valence-electron chi connectivity index (χ1n) is 11.8. The standard InChI is InChI=1S/C24H24F3N7O4/c25-24(26,27)14-3-1-2-13(8-14)20-29-9-18-21(33-20)30-15-4-5-17(34(18)10-15)22(37)31-19-6-7-28-23(32-19)38-12-16(36)11-35/h1-3,6-9,15-17,35-36H,4-5,10-12H2,(H,29,30,33)(H,28,31,32,37)/t15-,16+,17?/m0/s1. The topological polar surface area (TPSA) is 145 Å². The quantitative estimate of drug-likeness (QED) is 0.419. The lowest BCUT2D eigenvalue weighted by Gasteiger charge is -2.44. The first kappa shape index (κ1) is 25.6. The van der Waals surface area contributed by atoms with Crippen LogP contribution in [0.2, 0.25) is 0 Å². The van der Waals surface area contributed by atoms with Crippen molar-refractivity contribution in [2.75, 3.05) is 25.1 Å². The monoisotopic (exact) mass is 531 g/mol. The number of carbonyl (C=O) groups excluding carboxylic acids is 1. The molecule has 0 saturated carbocycles. The van der Waals surface area contributed by atoms with Gasteiger partial charge in [-0.3, -0.25) is 9.79 Å². The van der Waals surface area contributed by atoms with Crippen LogP contribution < -0.4 is 15.4 Å². The predicted molar refractivity (Wildman–Crippen MR) is 129 cm³/mol. The molecule has 3 aliphatic heterocycles. The van der Waals surface area contributed by atoms with E-state index in [0.29, 0.717) is 30.9 Å². The zero-order valence-corrected chi connectivity index (χ0v) is 19.9. The fraction of sp³-hybridized carbons (Fsp3) is 0.375. The summed E-state index contributed by atoms with van der Waals surface area (Å²) in [5, 5.41) is 24.1. The van der Waals surface area contributed by atoms with E-state index in [9.17, 15) is 23.1 Å². The van der Waals surface area contributed by atoms with Gasteiger partial charge in [0.05, 0.1) is 30.1 Å². The van der Waals surface area contributed by atoms with Gasteiger partial charge in [-0.05, 0) is 31.0 Å². The molecule has 0 spiro atoms. The number of fused-ring (bicyclic) bond motifs is 4. The highest BCUT2D eigenvalue weighted by Crippen LogP contribution is 2.32. The van der Waals surface area contributed by atoms with E-state index in [2.05, 4.69) is 30.6 Å². The smallest absolute Gasteiger partial charge is 0.416 e. The molecule has 11 nitrogen and oxygen atoms in total. The van der Waals surface area contributed by atoms with Crippen LogP contribution in [0.4, 0.5) is 19.0 Å². The molecular formula is C24H24F3N7O4. The fourth-order valence-corrected chi connectivity index (χ4v) is 4.38. The number of aliphatic imine (C=N–C) groups is 2. The van der Waals surface area contributed by atoms with E-state index in [1.807, 2.05) is 4.90 Å². The summed E-state index contributed by atoms with van der Waals surface area (Å²) in [6.07, 6.45) is -1.50. The third kappa shape index (κ3) is 5.45. The lowest BCUT2D eigenvalue weighted by Crippen LogP contribution is -2.57. The van der Waals surface area contributed by atoms with Crippen LogP contribution >= 0.6 is 0 Å². The number of hydrogen-bond donors (Lipinski definition) is 4. The van der Waals surface area contributed by atoms with Gasteiger partial charge in [0.15, 0.2) is 5.84 Å². The van der Waals surface area contributed by atoms with E-state index in [1.54, 1.807) is 0 Å². The van der Waals surface area contributed by atoms with Gasteiger partial charge in [-0.1, -0.05) is 12.1 Å². The van der Waals surface area contributed by atoms with Crippen molar-refractivity contribution in [1.29, 1.82) is 0 Å². The van der Waals surface area contributed by atoms with Crippen LogP contribution in [0.25, 0.3) is 0 Å².